The van der Waals surface area contributed by atoms with Gasteiger partial charge in [0.25, 0.3) is 10.0 Å². The lowest BCUT2D eigenvalue weighted by Gasteiger charge is -2.11. The van der Waals surface area contributed by atoms with E-state index in [2.05, 4.69) is 9.71 Å². The SMILES string of the molecule is COc1ccc(S(=O)(=O)Nc2cccc(-n3cnc4ccccc43)c2)cc1. The van der Waals surface area contributed by atoms with Crippen molar-refractivity contribution in [3.63, 3.8) is 0 Å². The first kappa shape index (κ1) is 17.1. The monoisotopic (exact) mass is 379 g/mol. The fraction of sp³-hybridized carbons (Fsp3) is 0.0500. The van der Waals surface area contributed by atoms with Crippen LogP contribution in [0, 0.1) is 0 Å². The van der Waals surface area contributed by atoms with E-state index in [1.165, 1.54) is 19.2 Å². The van der Waals surface area contributed by atoms with Crippen LogP contribution in [0.4, 0.5) is 5.69 Å². The molecule has 0 aliphatic rings. The predicted molar refractivity (Wildman–Crippen MR) is 105 cm³/mol. The molecule has 3 aromatic carbocycles. The van der Waals surface area contributed by atoms with Crippen molar-refractivity contribution < 1.29 is 13.2 Å². The zero-order valence-corrected chi connectivity index (χ0v) is 15.3. The molecule has 0 aliphatic heterocycles. The normalized spacial score (nSPS) is 11.4. The molecule has 0 amide bonds. The molecular formula is C20H17N3O3S. The summed E-state index contributed by atoms with van der Waals surface area (Å²) < 4.78 is 34.9. The lowest BCUT2D eigenvalue weighted by Crippen LogP contribution is -2.13. The standard InChI is InChI=1S/C20H17N3O3S/c1-26-17-9-11-18(12-10-17)27(24,25)22-15-5-4-6-16(13-15)23-14-21-19-7-2-3-8-20(19)23/h2-14,22H,1H3. The number of methoxy groups -OCH3 is 1. The van der Waals surface area contributed by atoms with Gasteiger partial charge in [0, 0.05) is 5.69 Å². The third-order valence-electron chi connectivity index (χ3n) is 4.20. The number of imidazole rings is 1. The molecule has 0 spiro atoms. The van der Waals surface area contributed by atoms with Crippen LogP contribution in [0.1, 0.15) is 0 Å². The van der Waals surface area contributed by atoms with E-state index >= 15 is 0 Å². The Balaban J connectivity index is 1.66. The van der Waals surface area contributed by atoms with Crippen LogP contribution in [0.5, 0.6) is 5.75 Å². The Morgan fingerprint density at radius 2 is 1.74 bits per heavy atom. The van der Waals surface area contributed by atoms with E-state index in [0.29, 0.717) is 11.4 Å². The summed E-state index contributed by atoms with van der Waals surface area (Å²) in [5.41, 5.74) is 3.12. The number of hydrogen-bond donors (Lipinski definition) is 1. The molecular weight excluding hydrogens is 362 g/mol. The van der Waals surface area contributed by atoms with E-state index in [0.717, 1.165) is 16.7 Å². The number of benzene rings is 3. The quantitative estimate of drug-likeness (QED) is 0.572. The Hall–Kier alpha value is -3.32. The van der Waals surface area contributed by atoms with E-state index < -0.39 is 10.0 Å². The largest absolute Gasteiger partial charge is 0.497 e. The number of nitrogens with one attached hydrogen (secondary N) is 1. The third-order valence-corrected chi connectivity index (χ3v) is 5.60. The van der Waals surface area contributed by atoms with Crippen LogP contribution in [0.25, 0.3) is 16.7 Å². The van der Waals surface area contributed by atoms with Gasteiger partial charge in [0.2, 0.25) is 0 Å². The fourth-order valence-electron chi connectivity index (χ4n) is 2.85. The van der Waals surface area contributed by atoms with Crippen LogP contribution < -0.4 is 9.46 Å². The van der Waals surface area contributed by atoms with Crippen molar-refractivity contribution in [1.29, 1.82) is 0 Å². The highest BCUT2D eigenvalue weighted by Crippen LogP contribution is 2.23. The molecule has 4 rings (SSSR count). The average molecular weight is 379 g/mol. The number of ether oxygens (including phenoxy) is 1. The van der Waals surface area contributed by atoms with Gasteiger partial charge in [-0.05, 0) is 54.6 Å². The predicted octanol–water partition coefficient (Wildman–Crippen LogP) is 3.83. The van der Waals surface area contributed by atoms with E-state index in [-0.39, 0.29) is 4.90 Å². The minimum Gasteiger partial charge on any atom is -0.497 e. The molecule has 4 aromatic rings. The molecule has 0 aliphatic carbocycles. The molecule has 27 heavy (non-hydrogen) atoms. The highest BCUT2D eigenvalue weighted by atomic mass is 32.2. The fourth-order valence-corrected chi connectivity index (χ4v) is 3.90. The first-order chi connectivity index (χ1) is 13.1. The van der Waals surface area contributed by atoms with Crippen molar-refractivity contribution in [3.05, 3.63) is 79.1 Å². The number of sulfonamides is 1. The van der Waals surface area contributed by atoms with Gasteiger partial charge in [0.1, 0.15) is 12.1 Å². The van der Waals surface area contributed by atoms with Crippen LogP contribution in [-0.4, -0.2) is 25.1 Å². The Kier molecular flexibility index (Phi) is 4.29. The lowest BCUT2D eigenvalue weighted by atomic mass is 10.2. The number of fused-ring (bicyclic) bond motifs is 1. The maximum Gasteiger partial charge on any atom is 0.261 e. The number of nitrogens with zero attached hydrogens (tertiary/aromatic N) is 2. The zero-order chi connectivity index (χ0) is 18.9. The minimum absolute atomic E-state index is 0.168. The molecule has 1 N–H and O–H groups in total. The molecule has 6 nitrogen and oxygen atoms in total. The number of anilines is 1. The number of aromatic nitrogens is 2. The average Bonchev–Trinajstić information content (AvgIpc) is 3.12. The summed E-state index contributed by atoms with van der Waals surface area (Å²) in [6.45, 7) is 0. The second kappa shape index (κ2) is 6.77. The van der Waals surface area contributed by atoms with Crippen LogP contribution >= 0.6 is 0 Å². The van der Waals surface area contributed by atoms with E-state index in [1.807, 2.05) is 34.9 Å². The summed E-state index contributed by atoms with van der Waals surface area (Å²) in [7, 11) is -2.16. The maximum atomic E-state index is 12.6. The van der Waals surface area contributed by atoms with Gasteiger partial charge in [-0.25, -0.2) is 13.4 Å². The summed E-state index contributed by atoms with van der Waals surface area (Å²) >= 11 is 0. The Morgan fingerprint density at radius 3 is 2.52 bits per heavy atom. The van der Waals surface area contributed by atoms with Gasteiger partial charge in [-0.15, -0.1) is 0 Å². The number of hydrogen-bond acceptors (Lipinski definition) is 4. The van der Waals surface area contributed by atoms with E-state index in [9.17, 15) is 8.42 Å². The number of rotatable bonds is 5. The van der Waals surface area contributed by atoms with Crippen molar-refractivity contribution in [2.45, 2.75) is 4.90 Å². The molecule has 1 heterocycles. The van der Waals surface area contributed by atoms with E-state index in [4.69, 9.17) is 4.74 Å². The molecule has 0 bridgehead atoms. The molecule has 1 aromatic heterocycles. The molecule has 0 atom stereocenters. The van der Waals surface area contributed by atoms with Gasteiger partial charge in [0.15, 0.2) is 0 Å². The van der Waals surface area contributed by atoms with Gasteiger partial charge in [-0.2, -0.15) is 0 Å². The molecule has 136 valence electrons. The first-order valence-electron chi connectivity index (χ1n) is 8.26. The highest BCUT2D eigenvalue weighted by Gasteiger charge is 2.15. The van der Waals surface area contributed by atoms with Gasteiger partial charge in [-0.3, -0.25) is 9.29 Å². The second-order valence-corrected chi connectivity index (χ2v) is 7.62. The van der Waals surface area contributed by atoms with Crippen LogP contribution in [0.3, 0.4) is 0 Å². The third kappa shape index (κ3) is 3.37. The second-order valence-electron chi connectivity index (χ2n) is 5.93. The molecule has 0 saturated carbocycles. The minimum atomic E-state index is -3.70. The smallest absolute Gasteiger partial charge is 0.261 e. The van der Waals surface area contributed by atoms with Crippen LogP contribution in [0.2, 0.25) is 0 Å². The van der Waals surface area contributed by atoms with Crippen molar-refractivity contribution >= 4 is 26.7 Å². The van der Waals surface area contributed by atoms with Gasteiger partial charge in [0.05, 0.1) is 28.7 Å². The van der Waals surface area contributed by atoms with Crippen molar-refractivity contribution in [3.8, 4) is 11.4 Å². The summed E-state index contributed by atoms with van der Waals surface area (Å²) in [5.74, 6) is 0.600. The summed E-state index contributed by atoms with van der Waals surface area (Å²) in [6.07, 6.45) is 1.72. The first-order valence-corrected chi connectivity index (χ1v) is 9.74. The van der Waals surface area contributed by atoms with Crippen LogP contribution in [0.15, 0.2) is 84.0 Å². The van der Waals surface area contributed by atoms with Gasteiger partial charge < -0.3 is 4.74 Å². The Bertz CT molecular complexity index is 1200. The van der Waals surface area contributed by atoms with E-state index in [1.54, 1.807) is 36.7 Å². The van der Waals surface area contributed by atoms with Crippen LogP contribution in [-0.2, 0) is 10.0 Å². The molecule has 7 heteroatoms. The lowest BCUT2D eigenvalue weighted by molar-refractivity contribution is 0.414. The van der Waals surface area contributed by atoms with Gasteiger partial charge in [-0.1, -0.05) is 18.2 Å². The zero-order valence-electron chi connectivity index (χ0n) is 14.5. The maximum absolute atomic E-state index is 12.6. The van der Waals surface area contributed by atoms with Gasteiger partial charge >= 0.3 is 0 Å². The van der Waals surface area contributed by atoms with Crippen molar-refractivity contribution in [2.75, 3.05) is 11.8 Å². The molecule has 0 saturated heterocycles. The van der Waals surface area contributed by atoms with Crippen molar-refractivity contribution in [1.82, 2.24) is 9.55 Å². The highest BCUT2D eigenvalue weighted by molar-refractivity contribution is 7.92. The molecule has 0 fully saturated rings. The molecule has 0 unspecified atom stereocenters. The summed E-state index contributed by atoms with van der Waals surface area (Å²) in [4.78, 5) is 4.54. The van der Waals surface area contributed by atoms with Crippen molar-refractivity contribution in [2.24, 2.45) is 0 Å². The Morgan fingerprint density at radius 1 is 0.963 bits per heavy atom. The number of para-hydroxylation sites is 2. The topological polar surface area (TPSA) is 73.2 Å². The summed E-state index contributed by atoms with van der Waals surface area (Å²) in [5, 5.41) is 0. The molecule has 0 radical (unpaired) electrons. The Labute approximate surface area is 157 Å². The summed E-state index contributed by atoms with van der Waals surface area (Å²) in [6, 6.07) is 21.2.